The molecule has 1 N–H and O–H groups in total. The predicted octanol–water partition coefficient (Wildman–Crippen LogP) is 4.03. The van der Waals surface area contributed by atoms with Crippen LogP contribution in [0.5, 0.6) is 11.5 Å². The summed E-state index contributed by atoms with van der Waals surface area (Å²) < 4.78 is 5.67. The summed E-state index contributed by atoms with van der Waals surface area (Å²) >= 11 is 6.22. The molecule has 0 aliphatic heterocycles. The van der Waals surface area contributed by atoms with Crippen molar-refractivity contribution >= 4 is 11.6 Å². The number of ether oxygens (including phenoxy) is 1. The summed E-state index contributed by atoms with van der Waals surface area (Å²) in [6, 6.07) is 9.50. The van der Waals surface area contributed by atoms with Crippen molar-refractivity contribution in [3.8, 4) is 11.5 Å². The number of aromatic nitrogens is 1. The first kappa shape index (κ1) is 13.8. The molecule has 1 aromatic heterocycles. The van der Waals surface area contributed by atoms with E-state index in [1.54, 1.807) is 12.4 Å². The van der Waals surface area contributed by atoms with E-state index < -0.39 is 0 Å². The van der Waals surface area contributed by atoms with Crippen molar-refractivity contribution in [2.75, 3.05) is 6.54 Å². The standard InChI is InChI=1S/C15H17ClN2O/c1-2-7-17-10-12-5-6-15(14(16)9-12)19-13-4-3-8-18-11-13/h3-6,8-9,11,17H,2,7,10H2,1H3. The van der Waals surface area contributed by atoms with Crippen LogP contribution in [-0.2, 0) is 6.54 Å². The molecular weight excluding hydrogens is 260 g/mol. The Morgan fingerprint density at radius 2 is 2.21 bits per heavy atom. The molecule has 0 bridgehead atoms. The second kappa shape index (κ2) is 7.12. The van der Waals surface area contributed by atoms with E-state index >= 15 is 0 Å². The maximum absolute atomic E-state index is 6.22. The highest BCUT2D eigenvalue weighted by Crippen LogP contribution is 2.29. The van der Waals surface area contributed by atoms with Crippen LogP contribution < -0.4 is 10.1 Å². The Balaban J connectivity index is 2.03. The first-order valence-electron chi connectivity index (χ1n) is 6.36. The molecule has 0 saturated heterocycles. The number of halogens is 1. The van der Waals surface area contributed by atoms with E-state index in [1.807, 2.05) is 30.3 Å². The molecule has 0 fully saturated rings. The fourth-order valence-electron chi connectivity index (χ4n) is 1.68. The minimum Gasteiger partial charge on any atom is -0.454 e. The molecule has 0 atom stereocenters. The van der Waals surface area contributed by atoms with Crippen LogP contribution in [0.25, 0.3) is 0 Å². The van der Waals surface area contributed by atoms with Gasteiger partial charge in [-0.2, -0.15) is 0 Å². The van der Waals surface area contributed by atoms with Crippen LogP contribution in [0.15, 0.2) is 42.7 Å². The van der Waals surface area contributed by atoms with Crippen molar-refractivity contribution in [2.24, 2.45) is 0 Å². The van der Waals surface area contributed by atoms with Crippen LogP contribution in [-0.4, -0.2) is 11.5 Å². The van der Waals surface area contributed by atoms with Gasteiger partial charge in [-0.25, -0.2) is 0 Å². The van der Waals surface area contributed by atoms with E-state index in [0.717, 1.165) is 25.1 Å². The summed E-state index contributed by atoms with van der Waals surface area (Å²) in [6.45, 7) is 3.97. The van der Waals surface area contributed by atoms with E-state index in [1.165, 1.54) is 0 Å². The van der Waals surface area contributed by atoms with E-state index in [4.69, 9.17) is 16.3 Å². The molecular formula is C15H17ClN2O. The maximum Gasteiger partial charge on any atom is 0.146 e. The van der Waals surface area contributed by atoms with Crippen molar-refractivity contribution in [1.29, 1.82) is 0 Å². The number of hydrogen-bond donors (Lipinski definition) is 1. The number of nitrogens with one attached hydrogen (secondary N) is 1. The third-order valence-electron chi connectivity index (χ3n) is 2.61. The summed E-state index contributed by atoms with van der Waals surface area (Å²) in [5.41, 5.74) is 1.15. The summed E-state index contributed by atoms with van der Waals surface area (Å²) in [7, 11) is 0. The molecule has 3 nitrogen and oxygen atoms in total. The lowest BCUT2D eigenvalue weighted by atomic mass is 10.2. The summed E-state index contributed by atoms with van der Waals surface area (Å²) in [6.07, 6.45) is 4.49. The molecule has 0 aliphatic carbocycles. The highest BCUT2D eigenvalue weighted by molar-refractivity contribution is 6.32. The van der Waals surface area contributed by atoms with Crippen molar-refractivity contribution in [2.45, 2.75) is 19.9 Å². The zero-order valence-corrected chi connectivity index (χ0v) is 11.7. The molecule has 2 rings (SSSR count). The van der Waals surface area contributed by atoms with Gasteiger partial charge in [-0.1, -0.05) is 24.6 Å². The minimum absolute atomic E-state index is 0.611. The number of hydrogen-bond acceptors (Lipinski definition) is 3. The summed E-state index contributed by atoms with van der Waals surface area (Å²) in [5, 5.41) is 3.95. The molecule has 100 valence electrons. The molecule has 2 aromatic rings. The second-order valence-corrected chi connectivity index (χ2v) is 4.64. The fourth-order valence-corrected chi connectivity index (χ4v) is 1.92. The molecule has 0 unspecified atom stereocenters. The van der Waals surface area contributed by atoms with Gasteiger partial charge in [0.25, 0.3) is 0 Å². The quantitative estimate of drug-likeness (QED) is 0.809. The molecule has 19 heavy (non-hydrogen) atoms. The van der Waals surface area contributed by atoms with Gasteiger partial charge in [0.1, 0.15) is 11.5 Å². The summed E-state index contributed by atoms with van der Waals surface area (Å²) in [4.78, 5) is 4.00. The lowest BCUT2D eigenvalue weighted by Crippen LogP contribution is -2.13. The van der Waals surface area contributed by atoms with Crippen molar-refractivity contribution in [3.63, 3.8) is 0 Å². The van der Waals surface area contributed by atoms with Gasteiger partial charge < -0.3 is 10.1 Å². The molecule has 1 aromatic carbocycles. The third-order valence-corrected chi connectivity index (χ3v) is 2.91. The van der Waals surface area contributed by atoms with Crippen molar-refractivity contribution < 1.29 is 4.74 Å². The Hall–Kier alpha value is -1.58. The smallest absolute Gasteiger partial charge is 0.146 e. The van der Waals surface area contributed by atoms with E-state index in [2.05, 4.69) is 17.2 Å². The van der Waals surface area contributed by atoms with Gasteiger partial charge in [0, 0.05) is 12.7 Å². The van der Waals surface area contributed by atoms with Crippen molar-refractivity contribution in [1.82, 2.24) is 10.3 Å². The Labute approximate surface area is 118 Å². The van der Waals surface area contributed by atoms with Gasteiger partial charge in [-0.05, 0) is 42.8 Å². The van der Waals surface area contributed by atoms with Crippen LogP contribution >= 0.6 is 11.6 Å². The zero-order valence-electron chi connectivity index (χ0n) is 10.9. The van der Waals surface area contributed by atoms with Crippen molar-refractivity contribution in [3.05, 3.63) is 53.3 Å². The van der Waals surface area contributed by atoms with Gasteiger partial charge in [0.05, 0.1) is 11.2 Å². The topological polar surface area (TPSA) is 34.1 Å². The molecule has 0 aliphatic rings. The molecule has 0 amide bonds. The van der Waals surface area contributed by atoms with E-state index in [0.29, 0.717) is 16.5 Å². The highest BCUT2D eigenvalue weighted by Gasteiger charge is 2.04. The summed E-state index contributed by atoms with van der Waals surface area (Å²) in [5.74, 6) is 1.33. The predicted molar refractivity (Wildman–Crippen MR) is 77.8 cm³/mol. The monoisotopic (exact) mass is 276 g/mol. The van der Waals surface area contributed by atoms with Gasteiger partial charge in [-0.15, -0.1) is 0 Å². The SMILES string of the molecule is CCCNCc1ccc(Oc2cccnc2)c(Cl)c1. The van der Waals surface area contributed by atoms with Crippen LogP contribution in [0.2, 0.25) is 5.02 Å². The van der Waals surface area contributed by atoms with Crippen LogP contribution in [0.1, 0.15) is 18.9 Å². The van der Waals surface area contributed by atoms with Crippen LogP contribution in [0.4, 0.5) is 0 Å². The minimum atomic E-state index is 0.611. The molecule has 0 radical (unpaired) electrons. The van der Waals surface area contributed by atoms with Gasteiger partial charge in [0.15, 0.2) is 0 Å². The van der Waals surface area contributed by atoms with Crippen LogP contribution in [0, 0.1) is 0 Å². The average molecular weight is 277 g/mol. The van der Waals surface area contributed by atoms with Gasteiger partial charge in [0.2, 0.25) is 0 Å². The lowest BCUT2D eigenvalue weighted by molar-refractivity contribution is 0.480. The Kier molecular flexibility index (Phi) is 5.19. The highest BCUT2D eigenvalue weighted by atomic mass is 35.5. The molecule has 1 heterocycles. The fraction of sp³-hybridized carbons (Fsp3) is 0.267. The average Bonchev–Trinajstić information content (AvgIpc) is 2.43. The lowest BCUT2D eigenvalue weighted by Gasteiger charge is -2.09. The van der Waals surface area contributed by atoms with E-state index in [9.17, 15) is 0 Å². The Bertz CT molecular complexity index is 517. The maximum atomic E-state index is 6.22. The van der Waals surface area contributed by atoms with E-state index in [-0.39, 0.29) is 0 Å². The van der Waals surface area contributed by atoms with Gasteiger partial charge >= 0.3 is 0 Å². The number of benzene rings is 1. The van der Waals surface area contributed by atoms with Crippen LogP contribution in [0.3, 0.4) is 0 Å². The first-order valence-corrected chi connectivity index (χ1v) is 6.74. The Morgan fingerprint density at radius 3 is 2.89 bits per heavy atom. The second-order valence-electron chi connectivity index (χ2n) is 4.23. The largest absolute Gasteiger partial charge is 0.454 e. The molecule has 0 spiro atoms. The third kappa shape index (κ3) is 4.23. The normalized spacial score (nSPS) is 10.4. The Morgan fingerprint density at radius 1 is 1.32 bits per heavy atom. The molecule has 0 saturated carbocycles. The number of nitrogens with zero attached hydrogens (tertiary/aromatic N) is 1. The molecule has 4 heteroatoms. The number of rotatable bonds is 6. The first-order chi connectivity index (χ1) is 9.29. The number of pyridine rings is 1. The zero-order chi connectivity index (χ0) is 13.5. The van der Waals surface area contributed by atoms with Gasteiger partial charge in [-0.3, -0.25) is 4.98 Å².